The van der Waals surface area contributed by atoms with Crippen molar-refractivity contribution in [3.8, 4) is 6.07 Å². The van der Waals surface area contributed by atoms with Gasteiger partial charge in [-0.3, -0.25) is 9.79 Å². The number of hydrogen-bond acceptors (Lipinski definition) is 5. The van der Waals surface area contributed by atoms with Crippen LogP contribution in [0.1, 0.15) is 12.7 Å². The van der Waals surface area contributed by atoms with E-state index in [4.69, 9.17) is 10.00 Å². The molecule has 1 atom stereocenters. The van der Waals surface area contributed by atoms with Crippen LogP contribution in [0.15, 0.2) is 29.3 Å². The van der Waals surface area contributed by atoms with Gasteiger partial charge in [0.1, 0.15) is 5.82 Å². The van der Waals surface area contributed by atoms with Crippen LogP contribution in [0.2, 0.25) is 0 Å². The highest BCUT2D eigenvalue weighted by Crippen LogP contribution is 2.10. The number of aliphatic imine (C=N–C) groups is 1. The van der Waals surface area contributed by atoms with Gasteiger partial charge < -0.3 is 9.72 Å². The second kappa shape index (κ2) is 6.48. The molecule has 6 heteroatoms. The highest BCUT2D eigenvalue weighted by atomic mass is 16.5. The summed E-state index contributed by atoms with van der Waals surface area (Å²) in [5.41, 5.74) is 1.79. The molecule has 20 heavy (non-hydrogen) atoms. The van der Waals surface area contributed by atoms with Crippen molar-refractivity contribution in [2.45, 2.75) is 13.5 Å². The quantitative estimate of drug-likeness (QED) is 0.662. The SMILES string of the molecule is CCOC(=O)[C@H](C#N)C=NCc1nc2ccccc2[nH]1. The molecular weight excluding hydrogens is 256 g/mol. The molecule has 2 aromatic rings. The van der Waals surface area contributed by atoms with Crippen molar-refractivity contribution in [2.75, 3.05) is 6.61 Å². The van der Waals surface area contributed by atoms with Gasteiger partial charge in [-0.25, -0.2) is 4.98 Å². The predicted octanol–water partition coefficient (Wildman–Crippen LogP) is 1.84. The van der Waals surface area contributed by atoms with Crippen LogP contribution >= 0.6 is 0 Å². The van der Waals surface area contributed by atoms with Crippen LogP contribution in [0.25, 0.3) is 11.0 Å². The molecule has 0 unspecified atom stereocenters. The molecule has 0 saturated heterocycles. The summed E-state index contributed by atoms with van der Waals surface area (Å²) in [6.45, 7) is 2.22. The van der Waals surface area contributed by atoms with Crippen LogP contribution in [-0.4, -0.2) is 28.8 Å². The normalized spacial score (nSPS) is 12.4. The molecule has 0 bridgehead atoms. The van der Waals surface area contributed by atoms with E-state index in [1.165, 1.54) is 6.21 Å². The maximum absolute atomic E-state index is 11.4. The van der Waals surface area contributed by atoms with Crippen LogP contribution in [-0.2, 0) is 16.1 Å². The van der Waals surface area contributed by atoms with Crippen LogP contribution in [0.4, 0.5) is 0 Å². The molecule has 0 saturated carbocycles. The number of carbonyl (C=O) groups is 1. The third kappa shape index (κ3) is 3.20. The molecule has 6 nitrogen and oxygen atoms in total. The molecule has 1 aromatic carbocycles. The number of carbonyl (C=O) groups excluding carboxylic acids is 1. The van der Waals surface area contributed by atoms with Gasteiger partial charge >= 0.3 is 5.97 Å². The van der Waals surface area contributed by atoms with Gasteiger partial charge in [0.15, 0.2) is 5.92 Å². The highest BCUT2D eigenvalue weighted by Gasteiger charge is 2.16. The number of H-pyrrole nitrogens is 1. The minimum Gasteiger partial charge on any atom is -0.465 e. The summed E-state index contributed by atoms with van der Waals surface area (Å²) in [5, 5.41) is 8.87. The van der Waals surface area contributed by atoms with Gasteiger partial charge in [0.25, 0.3) is 0 Å². The molecule has 0 fully saturated rings. The van der Waals surface area contributed by atoms with Gasteiger partial charge in [-0.05, 0) is 19.1 Å². The number of rotatable bonds is 5. The lowest BCUT2D eigenvalue weighted by atomic mass is 10.2. The summed E-state index contributed by atoms with van der Waals surface area (Å²) in [6.07, 6.45) is 1.30. The Morgan fingerprint density at radius 3 is 3.10 bits per heavy atom. The third-order valence-corrected chi connectivity index (χ3v) is 2.61. The first-order chi connectivity index (χ1) is 9.74. The van der Waals surface area contributed by atoms with E-state index in [0.29, 0.717) is 5.82 Å². The maximum atomic E-state index is 11.4. The van der Waals surface area contributed by atoms with E-state index in [1.807, 2.05) is 30.3 Å². The molecule has 1 heterocycles. The van der Waals surface area contributed by atoms with Gasteiger partial charge in [-0.15, -0.1) is 0 Å². The highest BCUT2D eigenvalue weighted by molar-refractivity contribution is 5.92. The first-order valence-electron chi connectivity index (χ1n) is 6.24. The standard InChI is InChI=1S/C14H14N4O2/c1-2-20-14(19)10(7-15)8-16-9-13-17-11-5-3-4-6-12(11)18-13/h3-6,8,10H,2,9H2,1H3,(H,17,18)/t10-/m1/s1. The number of aromatic nitrogens is 2. The van der Waals surface area contributed by atoms with Crippen molar-refractivity contribution in [2.24, 2.45) is 10.9 Å². The largest absolute Gasteiger partial charge is 0.465 e. The van der Waals surface area contributed by atoms with Crippen molar-refractivity contribution in [1.82, 2.24) is 9.97 Å². The van der Waals surface area contributed by atoms with Gasteiger partial charge in [0.2, 0.25) is 0 Å². The van der Waals surface area contributed by atoms with E-state index in [2.05, 4.69) is 15.0 Å². The van der Waals surface area contributed by atoms with E-state index >= 15 is 0 Å². The lowest BCUT2D eigenvalue weighted by Crippen LogP contribution is -2.17. The van der Waals surface area contributed by atoms with Crippen LogP contribution in [0, 0.1) is 17.2 Å². The van der Waals surface area contributed by atoms with E-state index in [1.54, 1.807) is 6.92 Å². The van der Waals surface area contributed by atoms with Crippen molar-refractivity contribution in [3.63, 3.8) is 0 Å². The van der Waals surface area contributed by atoms with E-state index in [9.17, 15) is 4.79 Å². The molecular formula is C14H14N4O2. The third-order valence-electron chi connectivity index (χ3n) is 2.61. The monoisotopic (exact) mass is 270 g/mol. The number of aromatic amines is 1. The predicted molar refractivity (Wildman–Crippen MR) is 74.0 cm³/mol. The van der Waals surface area contributed by atoms with Crippen molar-refractivity contribution in [3.05, 3.63) is 30.1 Å². The van der Waals surface area contributed by atoms with Crippen molar-refractivity contribution >= 4 is 23.2 Å². The Kier molecular flexibility index (Phi) is 4.45. The molecule has 0 radical (unpaired) electrons. The summed E-state index contributed by atoms with van der Waals surface area (Å²) in [5.74, 6) is -0.870. The topological polar surface area (TPSA) is 91.1 Å². The Balaban J connectivity index is 2.01. The van der Waals surface area contributed by atoms with Gasteiger partial charge in [-0.2, -0.15) is 5.26 Å². The Morgan fingerprint density at radius 1 is 1.60 bits per heavy atom. The average molecular weight is 270 g/mol. The number of nitriles is 1. The lowest BCUT2D eigenvalue weighted by Gasteiger charge is -2.02. The van der Waals surface area contributed by atoms with E-state index in [0.717, 1.165) is 11.0 Å². The molecule has 1 aromatic heterocycles. The van der Waals surface area contributed by atoms with Gasteiger partial charge in [0, 0.05) is 6.21 Å². The second-order valence-corrected chi connectivity index (χ2v) is 4.05. The first kappa shape index (κ1) is 13.7. The smallest absolute Gasteiger partial charge is 0.328 e. The molecule has 102 valence electrons. The number of imidazole rings is 1. The van der Waals surface area contributed by atoms with Crippen LogP contribution < -0.4 is 0 Å². The lowest BCUT2D eigenvalue weighted by molar-refractivity contribution is -0.143. The fraction of sp³-hybridized carbons (Fsp3) is 0.286. The number of nitrogens with zero attached hydrogens (tertiary/aromatic N) is 3. The summed E-state index contributed by atoms with van der Waals surface area (Å²) >= 11 is 0. The number of fused-ring (bicyclic) bond motifs is 1. The van der Waals surface area contributed by atoms with E-state index < -0.39 is 11.9 Å². The molecule has 1 N–H and O–H groups in total. The Hall–Kier alpha value is -2.68. The molecule has 0 spiro atoms. The molecule has 2 rings (SSSR count). The number of para-hydroxylation sites is 2. The van der Waals surface area contributed by atoms with Crippen LogP contribution in [0.5, 0.6) is 0 Å². The van der Waals surface area contributed by atoms with E-state index in [-0.39, 0.29) is 13.2 Å². The first-order valence-corrected chi connectivity index (χ1v) is 6.24. The Labute approximate surface area is 116 Å². The number of benzene rings is 1. The zero-order valence-electron chi connectivity index (χ0n) is 11.0. The van der Waals surface area contributed by atoms with Crippen LogP contribution in [0.3, 0.4) is 0 Å². The Morgan fingerprint density at radius 2 is 2.40 bits per heavy atom. The maximum Gasteiger partial charge on any atom is 0.328 e. The molecule has 0 aliphatic heterocycles. The minimum atomic E-state index is -0.973. The summed E-state index contributed by atoms with van der Waals surface area (Å²) < 4.78 is 4.77. The number of ether oxygens (including phenoxy) is 1. The molecule has 0 amide bonds. The van der Waals surface area contributed by atoms with Crippen molar-refractivity contribution in [1.29, 1.82) is 5.26 Å². The molecule has 0 aliphatic rings. The van der Waals surface area contributed by atoms with Gasteiger partial charge in [-0.1, -0.05) is 12.1 Å². The molecule has 0 aliphatic carbocycles. The van der Waals surface area contributed by atoms with Gasteiger partial charge in [0.05, 0.1) is 30.3 Å². The zero-order valence-corrected chi connectivity index (χ0v) is 11.0. The summed E-state index contributed by atoms with van der Waals surface area (Å²) in [7, 11) is 0. The number of esters is 1. The number of hydrogen-bond donors (Lipinski definition) is 1. The fourth-order valence-electron chi connectivity index (χ4n) is 1.70. The summed E-state index contributed by atoms with van der Waals surface area (Å²) in [6, 6.07) is 9.49. The van der Waals surface area contributed by atoms with Crippen molar-refractivity contribution < 1.29 is 9.53 Å². The zero-order chi connectivity index (χ0) is 14.4. The summed E-state index contributed by atoms with van der Waals surface area (Å²) in [4.78, 5) is 22.9. The minimum absolute atomic E-state index is 0.244. The second-order valence-electron chi connectivity index (χ2n) is 4.05. The Bertz CT molecular complexity index is 636. The fourth-order valence-corrected chi connectivity index (χ4v) is 1.70. The average Bonchev–Trinajstić information content (AvgIpc) is 2.86. The number of nitrogens with one attached hydrogen (secondary N) is 1.